The molecule has 0 aliphatic heterocycles. The fraction of sp³-hybridized carbons (Fsp3) is 0.118. The van der Waals surface area contributed by atoms with E-state index in [1.165, 1.54) is 17.3 Å². The molecule has 0 atom stereocenters. The molecule has 3 aromatic heterocycles. The standard InChI is InChI=1S/C17H12Br2N4S3/c1-2-10-6-3-4-7-11(10)23-15(12-8-5-9-24-12)21-22-16(23)26-17-20-13(18)14(19)25-17/h3-9H,2H2,1H3. The van der Waals surface area contributed by atoms with Gasteiger partial charge in [-0.05, 0) is 73.1 Å². The van der Waals surface area contributed by atoms with Gasteiger partial charge in [0.05, 0.1) is 10.6 Å². The van der Waals surface area contributed by atoms with Crippen LogP contribution in [-0.4, -0.2) is 19.7 Å². The summed E-state index contributed by atoms with van der Waals surface area (Å²) in [4.78, 5) is 5.62. The molecule has 26 heavy (non-hydrogen) atoms. The monoisotopic (exact) mass is 526 g/mol. The Hall–Kier alpha value is -1.000. The van der Waals surface area contributed by atoms with E-state index in [9.17, 15) is 0 Å². The van der Waals surface area contributed by atoms with Crippen molar-refractivity contribution in [2.24, 2.45) is 0 Å². The molecule has 0 aliphatic rings. The highest BCUT2D eigenvalue weighted by atomic mass is 79.9. The predicted octanol–water partition coefficient (Wildman–Crippen LogP) is 6.69. The lowest BCUT2D eigenvalue weighted by Crippen LogP contribution is -2.02. The average Bonchev–Trinajstić information content (AvgIpc) is 3.36. The third-order valence-electron chi connectivity index (χ3n) is 3.70. The summed E-state index contributed by atoms with van der Waals surface area (Å²) in [6.07, 6.45) is 0.941. The maximum Gasteiger partial charge on any atom is 0.203 e. The lowest BCUT2D eigenvalue weighted by molar-refractivity contribution is 0.872. The van der Waals surface area contributed by atoms with Crippen molar-refractivity contribution in [2.45, 2.75) is 22.8 Å². The van der Waals surface area contributed by atoms with Gasteiger partial charge in [0.15, 0.2) is 10.2 Å². The summed E-state index contributed by atoms with van der Waals surface area (Å²) >= 11 is 11.7. The normalized spacial score (nSPS) is 11.2. The zero-order chi connectivity index (χ0) is 18.1. The van der Waals surface area contributed by atoms with Gasteiger partial charge < -0.3 is 0 Å². The summed E-state index contributed by atoms with van der Waals surface area (Å²) in [5.74, 6) is 0.859. The highest BCUT2D eigenvalue weighted by molar-refractivity contribution is 9.13. The topological polar surface area (TPSA) is 43.6 Å². The molecule has 0 saturated carbocycles. The summed E-state index contributed by atoms with van der Waals surface area (Å²) in [5.41, 5.74) is 2.37. The quantitative estimate of drug-likeness (QED) is 0.290. The minimum Gasteiger partial charge on any atom is -0.269 e. The Morgan fingerprint density at radius 2 is 1.96 bits per heavy atom. The minimum absolute atomic E-state index is 0.808. The van der Waals surface area contributed by atoms with E-state index in [1.54, 1.807) is 22.7 Å². The number of rotatable bonds is 5. The molecular weight excluding hydrogens is 516 g/mol. The number of halogens is 2. The highest BCUT2D eigenvalue weighted by Gasteiger charge is 2.20. The Morgan fingerprint density at radius 1 is 1.12 bits per heavy atom. The molecular formula is C17H12Br2N4S3. The van der Waals surface area contributed by atoms with Gasteiger partial charge >= 0.3 is 0 Å². The second-order valence-electron chi connectivity index (χ2n) is 5.25. The van der Waals surface area contributed by atoms with Gasteiger partial charge in [0.25, 0.3) is 0 Å². The van der Waals surface area contributed by atoms with Crippen LogP contribution in [0.15, 0.2) is 59.7 Å². The third-order valence-corrected chi connectivity index (χ3v) is 8.64. The van der Waals surface area contributed by atoms with Crippen LogP contribution in [0.4, 0.5) is 0 Å². The predicted molar refractivity (Wildman–Crippen MR) is 116 cm³/mol. The van der Waals surface area contributed by atoms with Gasteiger partial charge in [-0.15, -0.1) is 21.5 Å². The summed E-state index contributed by atoms with van der Waals surface area (Å²) in [7, 11) is 0. The molecule has 0 radical (unpaired) electrons. The van der Waals surface area contributed by atoms with E-state index >= 15 is 0 Å². The van der Waals surface area contributed by atoms with Gasteiger partial charge in [-0.3, -0.25) is 4.57 Å². The second kappa shape index (κ2) is 7.93. The second-order valence-corrected chi connectivity index (χ2v) is 10.5. The first kappa shape index (κ1) is 18.4. The van der Waals surface area contributed by atoms with Crippen molar-refractivity contribution < 1.29 is 0 Å². The fourth-order valence-electron chi connectivity index (χ4n) is 2.53. The van der Waals surface area contributed by atoms with E-state index in [1.807, 2.05) is 6.07 Å². The van der Waals surface area contributed by atoms with Gasteiger partial charge in [-0.25, -0.2) is 4.98 Å². The summed E-state index contributed by atoms with van der Waals surface area (Å²) in [5, 5.41) is 11.8. The number of nitrogens with zero attached hydrogens (tertiary/aromatic N) is 4. The molecule has 132 valence electrons. The first-order valence-electron chi connectivity index (χ1n) is 7.74. The van der Waals surface area contributed by atoms with Crippen molar-refractivity contribution in [1.82, 2.24) is 19.7 Å². The molecule has 0 N–H and O–H groups in total. The zero-order valence-electron chi connectivity index (χ0n) is 13.5. The van der Waals surface area contributed by atoms with Crippen molar-refractivity contribution in [3.8, 4) is 16.4 Å². The summed E-state index contributed by atoms with van der Waals surface area (Å²) < 4.78 is 4.82. The van der Waals surface area contributed by atoms with Crippen LogP contribution >= 0.6 is 66.3 Å². The zero-order valence-corrected chi connectivity index (χ0v) is 19.1. The maximum absolute atomic E-state index is 4.53. The lowest BCUT2D eigenvalue weighted by atomic mass is 10.1. The van der Waals surface area contributed by atoms with Crippen molar-refractivity contribution >= 4 is 66.3 Å². The number of hydrogen-bond acceptors (Lipinski definition) is 6. The Bertz CT molecular complexity index is 1020. The number of para-hydroxylation sites is 1. The van der Waals surface area contributed by atoms with Gasteiger partial charge in [0, 0.05) is 0 Å². The first-order valence-corrected chi connectivity index (χ1v) is 11.8. The van der Waals surface area contributed by atoms with Crippen molar-refractivity contribution in [3.63, 3.8) is 0 Å². The molecule has 1 aromatic carbocycles. The fourth-order valence-corrected chi connectivity index (χ4v) is 6.47. The van der Waals surface area contributed by atoms with E-state index in [2.05, 4.69) is 94.2 Å². The number of aromatic nitrogens is 4. The maximum atomic E-state index is 4.53. The van der Waals surface area contributed by atoms with Crippen LogP contribution < -0.4 is 0 Å². The van der Waals surface area contributed by atoms with Crippen molar-refractivity contribution in [2.75, 3.05) is 0 Å². The summed E-state index contributed by atoms with van der Waals surface area (Å²) in [6.45, 7) is 2.16. The molecule has 0 spiro atoms. The number of thiophene rings is 1. The van der Waals surface area contributed by atoms with Gasteiger partial charge in [-0.1, -0.05) is 42.5 Å². The first-order chi connectivity index (χ1) is 12.7. The van der Waals surface area contributed by atoms with Crippen LogP contribution in [0.2, 0.25) is 0 Å². The molecule has 0 saturated heterocycles. The van der Waals surface area contributed by atoms with E-state index in [0.717, 1.165) is 40.7 Å². The van der Waals surface area contributed by atoms with Gasteiger partial charge in [-0.2, -0.15) is 0 Å². The third kappa shape index (κ3) is 3.55. The van der Waals surface area contributed by atoms with Crippen LogP contribution in [-0.2, 0) is 6.42 Å². The Balaban J connectivity index is 1.87. The van der Waals surface area contributed by atoms with Crippen LogP contribution in [0, 0.1) is 0 Å². The van der Waals surface area contributed by atoms with Gasteiger partial charge in [0.2, 0.25) is 5.16 Å². The van der Waals surface area contributed by atoms with E-state index < -0.39 is 0 Å². The molecule has 0 fully saturated rings. The van der Waals surface area contributed by atoms with Crippen LogP contribution in [0.25, 0.3) is 16.4 Å². The lowest BCUT2D eigenvalue weighted by Gasteiger charge is -2.12. The Kier molecular flexibility index (Phi) is 5.61. The highest BCUT2D eigenvalue weighted by Crippen LogP contribution is 2.39. The molecule has 3 heterocycles. The van der Waals surface area contributed by atoms with Gasteiger partial charge in [0.1, 0.15) is 8.39 Å². The summed E-state index contributed by atoms with van der Waals surface area (Å²) in [6, 6.07) is 12.5. The minimum atomic E-state index is 0.808. The molecule has 9 heteroatoms. The SMILES string of the molecule is CCc1ccccc1-n1c(Sc2nc(Br)c(Br)s2)nnc1-c1cccs1. The Morgan fingerprint density at radius 3 is 2.65 bits per heavy atom. The average molecular weight is 528 g/mol. The van der Waals surface area contributed by atoms with Crippen LogP contribution in [0.3, 0.4) is 0 Å². The molecule has 4 rings (SSSR count). The molecule has 0 amide bonds. The van der Waals surface area contributed by atoms with E-state index in [4.69, 9.17) is 0 Å². The molecule has 0 aliphatic carbocycles. The van der Waals surface area contributed by atoms with Crippen LogP contribution in [0.5, 0.6) is 0 Å². The molecule has 4 nitrogen and oxygen atoms in total. The van der Waals surface area contributed by atoms with Crippen molar-refractivity contribution in [1.29, 1.82) is 0 Å². The number of aryl methyl sites for hydroxylation is 1. The van der Waals surface area contributed by atoms with E-state index in [-0.39, 0.29) is 0 Å². The Labute approximate surface area is 180 Å². The number of hydrogen-bond donors (Lipinski definition) is 0. The molecule has 4 aromatic rings. The number of benzene rings is 1. The largest absolute Gasteiger partial charge is 0.269 e. The smallest absolute Gasteiger partial charge is 0.203 e. The van der Waals surface area contributed by atoms with Crippen LogP contribution in [0.1, 0.15) is 12.5 Å². The molecule has 0 unspecified atom stereocenters. The molecule has 0 bridgehead atoms. The van der Waals surface area contributed by atoms with E-state index in [0.29, 0.717) is 0 Å². The number of thiazole rings is 1. The van der Waals surface area contributed by atoms with Crippen molar-refractivity contribution in [3.05, 3.63) is 55.7 Å².